The lowest BCUT2D eigenvalue weighted by atomic mass is 9.99. The van der Waals surface area contributed by atoms with Gasteiger partial charge in [0.15, 0.2) is 0 Å². The lowest BCUT2D eigenvalue weighted by Gasteiger charge is -2.20. The second kappa shape index (κ2) is 3.60. The van der Waals surface area contributed by atoms with E-state index in [9.17, 15) is 5.11 Å². The second-order valence-corrected chi connectivity index (χ2v) is 5.66. The Bertz CT molecular complexity index is 280. The van der Waals surface area contributed by atoms with Gasteiger partial charge in [-0.3, -0.25) is 4.90 Å². The standard InChI is InChI=1S/C13H21NO/c15-12-9-14(10-13(12)6-7-13)8-11-4-2-1-3-5-11/h4,12,15H,1-3,5-10H2. The van der Waals surface area contributed by atoms with Gasteiger partial charge < -0.3 is 5.11 Å². The van der Waals surface area contributed by atoms with Gasteiger partial charge in [0.05, 0.1) is 6.10 Å². The van der Waals surface area contributed by atoms with E-state index in [1.807, 2.05) is 0 Å². The molecule has 0 radical (unpaired) electrons. The summed E-state index contributed by atoms with van der Waals surface area (Å²) >= 11 is 0. The van der Waals surface area contributed by atoms with E-state index in [4.69, 9.17) is 0 Å². The third-order valence-electron chi connectivity index (χ3n) is 4.38. The van der Waals surface area contributed by atoms with Gasteiger partial charge >= 0.3 is 0 Å². The molecular weight excluding hydrogens is 186 g/mol. The van der Waals surface area contributed by atoms with Crippen molar-refractivity contribution in [2.24, 2.45) is 5.41 Å². The SMILES string of the molecule is OC1CN(CC2=CCCCC2)CC12CC2. The smallest absolute Gasteiger partial charge is 0.0735 e. The predicted octanol–water partition coefficient (Wildman–Crippen LogP) is 1.94. The molecule has 3 rings (SSSR count). The molecule has 1 unspecified atom stereocenters. The molecule has 1 saturated carbocycles. The summed E-state index contributed by atoms with van der Waals surface area (Å²) in [5, 5.41) is 9.96. The van der Waals surface area contributed by atoms with Crippen LogP contribution < -0.4 is 0 Å². The van der Waals surface area contributed by atoms with Crippen LogP contribution in [0.25, 0.3) is 0 Å². The number of rotatable bonds is 2. The van der Waals surface area contributed by atoms with Crippen LogP contribution in [-0.2, 0) is 0 Å². The van der Waals surface area contributed by atoms with Gasteiger partial charge in [0.25, 0.3) is 0 Å². The molecule has 2 nitrogen and oxygen atoms in total. The maximum absolute atomic E-state index is 9.96. The van der Waals surface area contributed by atoms with Crippen molar-refractivity contribution in [1.82, 2.24) is 4.90 Å². The molecule has 0 amide bonds. The van der Waals surface area contributed by atoms with Crippen molar-refractivity contribution < 1.29 is 5.11 Å². The number of hydrogen-bond donors (Lipinski definition) is 1. The van der Waals surface area contributed by atoms with E-state index in [-0.39, 0.29) is 6.10 Å². The Hall–Kier alpha value is -0.340. The van der Waals surface area contributed by atoms with Gasteiger partial charge in [0.2, 0.25) is 0 Å². The van der Waals surface area contributed by atoms with Gasteiger partial charge in [-0.05, 0) is 38.5 Å². The van der Waals surface area contributed by atoms with Crippen molar-refractivity contribution in [1.29, 1.82) is 0 Å². The fraction of sp³-hybridized carbons (Fsp3) is 0.846. The van der Waals surface area contributed by atoms with Crippen molar-refractivity contribution in [2.45, 2.75) is 44.6 Å². The van der Waals surface area contributed by atoms with Crippen LogP contribution >= 0.6 is 0 Å². The minimum atomic E-state index is -0.0401. The van der Waals surface area contributed by atoms with E-state index in [1.54, 1.807) is 5.57 Å². The highest BCUT2D eigenvalue weighted by molar-refractivity contribution is 5.12. The van der Waals surface area contributed by atoms with E-state index in [0.717, 1.165) is 19.6 Å². The van der Waals surface area contributed by atoms with Crippen LogP contribution in [0.15, 0.2) is 11.6 Å². The molecule has 1 spiro atoms. The highest BCUT2D eigenvalue weighted by atomic mass is 16.3. The molecule has 84 valence electrons. The van der Waals surface area contributed by atoms with E-state index in [0.29, 0.717) is 5.41 Å². The summed E-state index contributed by atoms with van der Waals surface area (Å²) < 4.78 is 0. The first-order valence-electron chi connectivity index (χ1n) is 6.37. The van der Waals surface area contributed by atoms with E-state index >= 15 is 0 Å². The summed E-state index contributed by atoms with van der Waals surface area (Å²) in [5.41, 5.74) is 1.95. The first-order valence-corrected chi connectivity index (χ1v) is 6.37. The van der Waals surface area contributed by atoms with Crippen molar-refractivity contribution in [3.8, 4) is 0 Å². The zero-order chi connectivity index (χ0) is 10.3. The highest BCUT2D eigenvalue weighted by Gasteiger charge is 2.54. The molecule has 2 fully saturated rings. The monoisotopic (exact) mass is 207 g/mol. The summed E-state index contributed by atoms with van der Waals surface area (Å²) in [6.07, 6.45) is 10.2. The average molecular weight is 207 g/mol. The topological polar surface area (TPSA) is 23.5 Å². The second-order valence-electron chi connectivity index (χ2n) is 5.66. The number of likely N-dealkylation sites (tertiary alicyclic amines) is 1. The molecule has 1 atom stereocenters. The zero-order valence-electron chi connectivity index (χ0n) is 9.41. The minimum Gasteiger partial charge on any atom is -0.391 e. The van der Waals surface area contributed by atoms with E-state index < -0.39 is 0 Å². The Morgan fingerprint density at radius 2 is 2.27 bits per heavy atom. The Morgan fingerprint density at radius 1 is 1.40 bits per heavy atom. The fourth-order valence-electron chi connectivity index (χ4n) is 3.16. The normalized spacial score (nSPS) is 34.5. The Labute approximate surface area is 92.0 Å². The summed E-state index contributed by atoms with van der Waals surface area (Å²) in [5.74, 6) is 0. The van der Waals surface area contributed by atoms with Crippen LogP contribution in [0.2, 0.25) is 0 Å². The molecule has 3 aliphatic rings. The highest BCUT2D eigenvalue weighted by Crippen LogP contribution is 2.52. The molecule has 0 aromatic carbocycles. The third kappa shape index (κ3) is 1.85. The van der Waals surface area contributed by atoms with Gasteiger partial charge in [-0.25, -0.2) is 0 Å². The quantitative estimate of drug-likeness (QED) is 0.700. The van der Waals surface area contributed by atoms with E-state index in [1.165, 1.54) is 38.5 Å². The van der Waals surface area contributed by atoms with Gasteiger partial charge in [-0.2, -0.15) is 0 Å². The van der Waals surface area contributed by atoms with Gasteiger partial charge in [0.1, 0.15) is 0 Å². The van der Waals surface area contributed by atoms with Crippen molar-refractivity contribution in [2.75, 3.05) is 19.6 Å². The molecule has 2 heteroatoms. The minimum absolute atomic E-state index is 0.0401. The molecule has 1 N–H and O–H groups in total. The molecule has 15 heavy (non-hydrogen) atoms. The predicted molar refractivity (Wildman–Crippen MR) is 60.7 cm³/mol. The lowest BCUT2D eigenvalue weighted by Crippen LogP contribution is -2.24. The van der Waals surface area contributed by atoms with Crippen LogP contribution in [-0.4, -0.2) is 35.7 Å². The van der Waals surface area contributed by atoms with Crippen LogP contribution in [0.5, 0.6) is 0 Å². The fourth-order valence-corrected chi connectivity index (χ4v) is 3.16. The number of aliphatic hydroxyl groups excluding tert-OH is 1. The van der Waals surface area contributed by atoms with Crippen LogP contribution in [0.4, 0.5) is 0 Å². The average Bonchev–Trinajstić information content (AvgIpc) is 2.93. The molecule has 2 aliphatic carbocycles. The first-order chi connectivity index (χ1) is 7.28. The van der Waals surface area contributed by atoms with Gasteiger partial charge in [-0.1, -0.05) is 11.6 Å². The van der Waals surface area contributed by atoms with Crippen molar-refractivity contribution >= 4 is 0 Å². The molecule has 1 heterocycles. The maximum atomic E-state index is 9.96. The Morgan fingerprint density at radius 3 is 2.87 bits per heavy atom. The summed E-state index contributed by atoms with van der Waals surface area (Å²) in [6.45, 7) is 3.18. The summed E-state index contributed by atoms with van der Waals surface area (Å²) in [4.78, 5) is 2.47. The molecule has 1 saturated heterocycles. The zero-order valence-corrected chi connectivity index (χ0v) is 9.41. The molecule has 1 aliphatic heterocycles. The van der Waals surface area contributed by atoms with Crippen LogP contribution in [0.3, 0.4) is 0 Å². The molecular formula is C13H21NO. The summed E-state index contributed by atoms with van der Waals surface area (Å²) in [6, 6.07) is 0. The van der Waals surface area contributed by atoms with Crippen molar-refractivity contribution in [3.05, 3.63) is 11.6 Å². The van der Waals surface area contributed by atoms with E-state index in [2.05, 4.69) is 11.0 Å². The molecule has 0 aromatic heterocycles. The van der Waals surface area contributed by atoms with Crippen molar-refractivity contribution in [3.63, 3.8) is 0 Å². The Balaban J connectivity index is 1.58. The number of β-amino-alcohol motifs (C(OH)–C–C–N with tert-alkyl or cyclic N) is 1. The first kappa shape index (κ1) is 9.86. The summed E-state index contributed by atoms with van der Waals surface area (Å²) in [7, 11) is 0. The number of allylic oxidation sites excluding steroid dienone is 1. The van der Waals surface area contributed by atoms with Gasteiger partial charge in [-0.15, -0.1) is 0 Å². The lowest BCUT2D eigenvalue weighted by molar-refractivity contribution is 0.132. The maximum Gasteiger partial charge on any atom is 0.0735 e. The van der Waals surface area contributed by atoms with Gasteiger partial charge in [0, 0.05) is 25.0 Å². The number of aliphatic hydroxyl groups is 1. The largest absolute Gasteiger partial charge is 0.391 e. The molecule has 0 aromatic rings. The number of hydrogen-bond acceptors (Lipinski definition) is 2. The molecule has 0 bridgehead atoms. The van der Waals surface area contributed by atoms with Crippen LogP contribution in [0, 0.1) is 5.41 Å². The third-order valence-corrected chi connectivity index (χ3v) is 4.38. The Kier molecular flexibility index (Phi) is 2.37. The van der Waals surface area contributed by atoms with Crippen LogP contribution in [0.1, 0.15) is 38.5 Å². The number of nitrogens with zero attached hydrogens (tertiary/aromatic N) is 1.